The summed E-state index contributed by atoms with van der Waals surface area (Å²) in [4.78, 5) is 19.6. The van der Waals surface area contributed by atoms with Gasteiger partial charge in [0, 0.05) is 48.1 Å². The van der Waals surface area contributed by atoms with Crippen LogP contribution >= 0.6 is 15.9 Å². The summed E-state index contributed by atoms with van der Waals surface area (Å²) in [6.45, 7) is 2.36. The average Bonchev–Trinajstić information content (AvgIpc) is 3.34. The molecule has 164 valence electrons. The van der Waals surface area contributed by atoms with Gasteiger partial charge in [0.15, 0.2) is 11.9 Å². The molecule has 4 atom stereocenters. The molecule has 2 aliphatic rings. The van der Waals surface area contributed by atoms with Gasteiger partial charge in [0.25, 0.3) is 0 Å². The second-order valence-corrected chi connectivity index (χ2v) is 9.74. The van der Waals surface area contributed by atoms with Crippen molar-refractivity contribution in [2.45, 2.75) is 30.7 Å². The van der Waals surface area contributed by atoms with Crippen molar-refractivity contribution in [3.8, 4) is 0 Å². The number of H-pyrrole nitrogens is 1. The standard InChI is InChI=1S/C27H28BrN3O/c28-24-11-5-4-10-21(24)22-17-29-18-23(22)27(32)31-15-13-20(25-12-6-7-14-30-25)16-26(31)19-8-2-1-3-9-19/h1-12,14,20,22-23,26,29H,13,15-18H2/p+1/t20-,22-,23+,26+/m0/s1. The first-order valence-electron chi connectivity index (χ1n) is 11.5. The maximum absolute atomic E-state index is 14.0. The SMILES string of the molecule is O=C([C@@H]1CNC[C@H]1c1ccccc1Br)N1CC[C@H](c2cccc[nH+]2)C[C@@H]1c1ccccc1. The zero-order valence-electron chi connectivity index (χ0n) is 18.1. The molecule has 32 heavy (non-hydrogen) atoms. The van der Waals surface area contributed by atoms with E-state index in [1.54, 1.807) is 0 Å². The first-order chi connectivity index (χ1) is 15.7. The van der Waals surface area contributed by atoms with Crippen molar-refractivity contribution in [2.24, 2.45) is 5.92 Å². The van der Waals surface area contributed by atoms with Crippen molar-refractivity contribution in [3.05, 3.63) is 100 Å². The van der Waals surface area contributed by atoms with E-state index < -0.39 is 0 Å². The summed E-state index contributed by atoms with van der Waals surface area (Å²) in [5, 5.41) is 3.48. The fourth-order valence-corrected chi connectivity index (χ4v) is 6.00. The number of aromatic amines is 1. The number of rotatable bonds is 4. The molecule has 1 aromatic heterocycles. The van der Waals surface area contributed by atoms with E-state index in [1.807, 2.05) is 24.4 Å². The summed E-state index contributed by atoms with van der Waals surface area (Å²) < 4.78 is 1.09. The Balaban J connectivity index is 1.43. The highest BCUT2D eigenvalue weighted by molar-refractivity contribution is 9.10. The van der Waals surface area contributed by atoms with Crippen LogP contribution in [0.5, 0.6) is 0 Å². The number of aromatic nitrogens is 1. The molecule has 5 heteroatoms. The van der Waals surface area contributed by atoms with Gasteiger partial charge in [-0.2, -0.15) is 0 Å². The molecule has 2 N–H and O–H groups in total. The molecule has 1 amide bonds. The van der Waals surface area contributed by atoms with Gasteiger partial charge in [-0.15, -0.1) is 0 Å². The van der Waals surface area contributed by atoms with E-state index >= 15 is 0 Å². The number of hydrogen-bond donors (Lipinski definition) is 1. The molecule has 3 aromatic rings. The molecular weight excluding hydrogens is 462 g/mol. The number of nitrogens with one attached hydrogen (secondary N) is 2. The van der Waals surface area contributed by atoms with E-state index in [0.29, 0.717) is 5.92 Å². The number of hydrogen-bond acceptors (Lipinski definition) is 2. The molecule has 0 saturated carbocycles. The minimum Gasteiger partial charge on any atom is -0.335 e. The summed E-state index contributed by atoms with van der Waals surface area (Å²) >= 11 is 3.71. The summed E-state index contributed by atoms with van der Waals surface area (Å²) in [6.07, 6.45) is 3.92. The predicted molar refractivity (Wildman–Crippen MR) is 129 cm³/mol. The molecule has 2 fully saturated rings. The molecule has 2 saturated heterocycles. The highest BCUT2D eigenvalue weighted by atomic mass is 79.9. The van der Waals surface area contributed by atoms with Gasteiger partial charge in [-0.3, -0.25) is 4.79 Å². The second-order valence-electron chi connectivity index (χ2n) is 8.89. The van der Waals surface area contributed by atoms with Crippen molar-refractivity contribution in [1.82, 2.24) is 10.2 Å². The second kappa shape index (κ2) is 9.55. The van der Waals surface area contributed by atoms with Gasteiger partial charge in [-0.05, 0) is 30.0 Å². The number of halogens is 1. The van der Waals surface area contributed by atoms with Gasteiger partial charge in [0.2, 0.25) is 5.91 Å². The Bertz CT molecular complexity index is 1060. The monoisotopic (exact) mass is 490 g/mol. The van der Waals surface area contributed by atoms with Crippen LogP contribution in [0.1, 0.15) is 47.5 Å². The number of likely N-dealkylation sites (tertiary alicyclic amines) is 1. The number of pyridine rings is 1. The Labute approximate surface area is 198 Å². The summed E-state index contributed by atoms with van der Waals surface area (Å²) in [6, 6.07) is 25.2. The van der Waals surface area contributed by atoms with Crippen LogP contribution in [0.25, 0.3) is 0 Å². The fraction of sp³-hybridized carbons (Fsp3) is 0.333. The van der Waals surface area contributed by atoms with E-state index in [2.05, 4.69) is 85.7 Å². The van der Waals surface area contributed by atoms with Crippen molar-refractivity contribution in [2.75, 3.05) is 19.6 Å². The minimum absolute atomic E-state index is 0.0419. The van der Waals surface area contributed by atoms with E-state index in [4.69, 9.17) is 0 Å². The van der Waals surface area contributed by atoms with Crippen molar-refractivity contribution < 1.29 is 9.78 Å². The fourth-order valence-electron chi connectivity index (χ4n) is 5.42. The van der Waals surface area contributed by atoms with Gasteiger partial charge >= 0.3 is 0 Å². The van der Waals surface area contributed by atoms with Gasteiger partial charge in [-0.25, -0.2) is 4.98 Å². The molecule has 5 rings (SSSR count). The predicted octanol–water partition coefficient (Wildman–Crippen LogP) is 4.71. The normalized spacial score (nSPS) is 25.6. The highest BCUT2D eigenvalue weighted by Gasteiger charge is 2.42. The maximum atomic E-state index is 14.0. The van der Waals surface area contributed by atoms with Crippen LogP contribution in [0.3, 0.4) is 0 Å². The lowest BCUT2D eigenvalue weighted by Crippen LogP contribution is -2.45. The number of carbonyl (C=O) groups excluding carboxylic acids is 1. The summed E-state index contributed by atoms with van der Waals surface area (Å²) in [5.74, 6) is 0.848. The summed E-state index contributed by atoms with van der Waals surface area (Å²) in [5.41, 5.74) is 3.71. The molecule has 4 nitrogen and oxygen atoms in total. The average molecular weight is 491 g/mol. The van der Waals surface area contributed by atoms with Crippen LogP contribution in [0.2, 0.25) is 0 Å². The van der Waals surface area contributed by atoms with E-state index in [1.165, 1.54) is 16.8 Å². The molecule has 0 unspecified atom stereocenters. The van der Waals surface area contributed by atoms with Crippen LogP contribution in [-0.2, 0) is 4.79 Å². The van der Waals surface area contributed by atoms with Crippen LogP contribution in [0, 0.1) is 5.92 Å². The van der Waals surface area contributed by atoms with Crippen molar-refractivity contribution in [3.63, 3.8) is 0 Å². The number of nitrogens with zero attached hydrogens (tertiary/aromatic N) is 1. The molecule has 2 aliphatic heterocycles. The lowest BCUT2D eigenvalue weighted by Gasteiger charge is -2.40. The van der Waals surface area contributed by atoms with Gasteiger partial charge < -0.3 is 10.2 Å². The zero-order valence-corrected chi connectivity index (χ0v) is 19.7. The molecule has 0 spiro atoms. The van der Waals surface area contributed by atoms with Crippen molar-refractivity contribution in [1.29, 1.82) is 0 Å². The molecule has 2 aromatic carbocycles. The van der Waals surface area contributed by atoms with E-state index in [0.717, 1.165) is 36.9 Å². The summed E-state index contributed by atoms with van der Waals surface area (Å²) in [7, 11) is 0. The minimum atomic E-state index is -0.0419. The number of amides is 1. The topological polar surface area (TPSA) is 46.5 Å². The Morgan fingerprint density at radius 1 is 0.969 bits per heavy atom. The van der Waals surface area contributed by atoms with E-state index in [-0.39, 0.29) is 23.8 Å². The maximum Gasteiger partial charge on any atom is 0.228 e. The van der Waals surface area contributed by atoms with Crippen LogP contribution < -0.4 is 10.3 Å². The third kappa shape index (κ3) is 4.24. The molecule has 0 radical (unpaired) electrons. The zero-order chi connectivity index (χ0) is 21.9. The Kier molecular flexibility index (Phi) is 6.37. The number of piperidine rings is 1. The first-order valence-corrected chi connectivity index (χ1v) is 12.3. The molecule has 3 heterocycles. The van der Waals surface area contributed by atoms with Gasteiger partial charge in [-0.1, -0.05) is 70.5 Å². The Hall–Kier alpha value is -2.50. The third-order valence-corrected chi connectivity index (χ3v) is 7.80. The van der Waals surface area contributed by atoms with Crippen LogP contribution in [-0.4, -0.2) is 30.4 Å². The third-order valence-electron chi connectivity index (χ3n) is 7.08. The van der Waals surface area contributed by atoms with Crippen molar-refractivity contribution >= 4 is 21.8 Å². The largest absolute Gasteiger partial charge is 0.335 e. The number of benzene rings is 2. The Morgan fingerprint density at radius 2 is 1.75 bits per heavy atom. The molecule has 0 aliphatic carbocycles. The lowest BCUT2D eigenvalue weighted by molar-refractivity contribution is -0.394. The molecule has 0 bridgehead atoms. The van der Waals surface area contributed by atoms with Crippen LogP contribution in [0.4, 0.5) is 0 Å². The quantitative estimate of drug-likeness (QED) is 0.575. The van der Waals surface area contributed by atoms with Crippen LogP contribution in [0.15, 0.2) is 83.5 Å². The van der Waals surface area contributed by atoms with Gasteiger partial charge in [0.05, 0.1) is 12.0 Å². The first kappa shape index (κ1) is 21.4. The highest BCUT2D eigenvalue weighted by Crippen LogP contribution is 2.41. The smallest absolute Gasteiger partial charge is 0.228 e. The van der Waals surface area contributed by atoms with E-state index in [9.17, 15) is 4.79 Å². The Morgan fingerprint density at radius 3 is 2.53 bits per heavy atom. The van der Waals surface area contributed by atoms with Gasteiger partial charge in [0.1, 0.15) is 0 Å². The lowest BCUT2D eigenvalue weighted by atomic mass is 9.82. The molecular formula is C27H29BrN3O+. The number of carbonyl (C=O) groups is 1.